The van der Waals surface area contributed by atoms with Crippen molar-refractivity contribution in [3.63, 3.8) is 0 Å². The molecule has 2 aromatic carbocycles. The first-order valence-electron chi connectivity index (χ1n) is 10.8. The van der Waals surface area contributed by atoms with Crippen molar-refractivity contribution in [2.24, 2.45) is 0 Å². The number of fused-ring (bicyclic) bond motifs is 2. The van der Waals surface area contributed by atoms with Gasteiger partial charge in [-0.05, 0) is 61.1 Å². The van der Waals surface area contributed by atoms with Crippen LogP contribution >= 0.6 is 0 Å². The van der Waals surface area contributed by atoms with E-state index in [-0.39, 0.29) is 5.41 Å². The standard InChI is InChI=1S/C25H33NO2/c1-27-23-16-21-18-26(15-9-12-20-10-5-3-6-11-20)19-25(13-7-4-8-14-25)22(21)17-24(23)28-2/h3,5-6,10-11,16-17H,4,7-9,12-15,18-19H2,1-2H3. The maximum absolute atomic E-state index is 5.64. The smallest absolute Gasteiger partial charge is 0.161 e. The molecule has 3 heteroatoms. The van der Waals surface area contributed by atoms with Crippen LogP contribution in [0.1, 0.15) is 55.2 Å². The van der Waals surface area contributed by atoms with Crippen molar-refractivity contribution in [2.45, 2.75) is 56.9 Å². The zero-order chi connectivity index (χ0) is 19.4. The zero-order valence-electron chi connectivity index (χ0n) is 17.4. The molecule has 0 amide bonds. The van der Waals surface area contributed by atoms with Crippen molar-refractivity contribution in [3.05, 3.63) is 59.2 Å². The number of rotatable bonds is 6. The summed E-state index contributed by atoms with van der Waals surface area (Å²) in [4.78, 5) is 2.68. The predicted octanol–water partition coefficient (Wildman–Crippen LogP) is 5.35. The molecule has 1 saturated carbocycles. The highest BCUT2D eigenvalue weighted by atomic mass is 16.5. The van der Waals surface area contributed by atoms with Crippen LogP contribution in [-0.4, -0.2) is 32.2 Å². The highest BCUT2D eigenvalue weighted by Crippen LogP contribution is 2.47. The van der Waals surface area contributed by atoms with E-state index in [1.807, 2.05) is 0 Å². The molecule has 1 spiro atoms. The van der Waals surface area contributed by atoms with Gasteiger partial charge < -0.3 is 9.47 Å². The Labute approximate surface area is 169 Å². The van der Waals surface area contributed by atoms with E-state index in [1.54, 1.807) is 14.2 Å². The summed E-state index contributed by atoms with van der Waals surface area (Å²) in [6.45, 7) is 3.36. The summed E-state index contributed by atoms with van der Waals surface area (Å²) in [7, 11) is 3.48. The van der Waals surface area contributed by atoms with Gasteiger partial charge >= 0.3 is 0 Å². The molecule has 1 aliphatic heterocycles. The fraction of sp³-hybridized carbons (Fsp3) is 0.520. The van der Waals surface area contributed by atoms with Gasteiger partial charge in [0.25, 0.3) is 0 Å². The summed E-state index contributed by atoms with van der Waals surface area (Å²) < 4.78 is 11.2. The first-order valence-corrected chi connectivity index (χ1v) is 10.8. The molecule has 1 aliphatic carbocycles. The molecule has 0 radical (unpaired) electrons. The van der Waals surface area contributed by atoms with Crippen LogP contribution in [0.3, 0.4) is 0 Å². The molecular formula is C25H33NO2. The highest BCUT2D eigenvalue weighted by Gasteiger charge is 2.41. The molecule has 28 heavy (non-hydrogen) atoms. The van der Waals surface area contributed by atoms with Gasteiger partial charge in [0, 0.05) is 18.5 Å². The minimum absolute atomic E-state index is 0.290. The third kappa shape index (κ3) is 3.91. The topological polar surface area (TPSA) is 21.7 Å². The van der Waals surface area contributed by atoms with Crippen LogP contribution in [0.15, 0.2) is 42.5 Å². The van der Waals surface area contributed by atoms with Crippen LogP contribution in [-0.2, 0) is 18.4 Å². The molecule has 0 atom stereocenters. The number of ether oxygens (including phenoxy) is 2. The molecule has 0 aromatic heterocycles. The van der Waals surface area contributed by atoms with E-state index in [2.05, 4.69) is 47.4 Å². The van der Waals surface area contributed by atoms with E-state index in [0.29, 0.717) is 0 Å². The molecule has 150 valence electrons. The van der Waals surface area contributed by atoms with E-state index in [9.17, 15) is 0 Å². The fourth-order valence-corrected chi connectivity index (χ4v) is 5.32. The van der Waals surface area contributed by atoms with Gasteiger partial charge in [0.05, 0.1) is 14.2 Å². The van der Waals surface area contributed by atoms with Crippen molar-refractivity contribution in [1.29, 1.82) is 0 Å². The van der Waals surface area contributed by atoms with E-state index in [1.165, 1.54) is 61.8 Å². The Morgan fingerprint density at radius 1 is 0.929 bits per heavy atom. The third-order valence-electron chi connectivity index (χ3n) is 6.69. The minimum atomic E-state index is 0.290. The van der Waals surface area contributed by atoms with Crippen LogP contribution < -0.4 is 9.47 Å². The normalized spacial score (nSPS) is 18.6. The second-order valence-corrected chi connectivity index (χ2v) is 8.51. The second kappa shape index (κ2) is 8.57. The Balaban J connectivity index is 1.55. The molecule has 4 rings (SSSR count). The van der Waals surface area contributed by atoms with Gasteiger partial charge in [-0.25, -0.2) is 0 Å². The number of aryl methyl sites for hydroxylation is 1. The van der Waals surface area contributed by atoms with E-state index in [4.69, 9.17) is 9.47 Å². The maximum Gasteiger partial charge on any atom is 0.161 e. The van der Waals surface area contributed by atoms with Gasteiger partial charge in [-0.15, -0.1) is 0 Å². The Morgan fingerprint density at radius 3 is 2.36 bits per heavy atom. The Kier molecular flexibility index (Phi) is 5.91. The second-order valence-electron chi connectivity index (χ2n) is 8.51. The molecule has 1 fully saturated rings. The van der Waals surface area contributed by atoms with Crippen molar-refractivity contribution in [2.75, 3.05) is 27.3 Å². The van der Waals surface area contributed by atoms with E-state index in [0.717, 1.165) is 31.0 Å². The van der Waals surface area contributed by atoms with Crippen LogP contribution in [0.25, 0.3) is 0 Å². The molecule has 3 nitrogen and oxygen atoms in total. The lowest BCUT2D eigenvalue weighted by Gasteiger charge is -2.47. The van der Waals surface area contributed by atoms with Crippen molar-refractivity contribution >= 4 is 0 Å². The monoisotopic (exact) mass is 379 g/mol. The molecule has 1 heterocycles. The van der Waals surface area contributed by atoms with Crippen molar-refractivity contribution in [3.8, 4) is 11.5 Å². The summed E-state index contributed by atoms with van der Waals surface area (Å²) in [5.74, 6) is 1.74. The number of benzene rings is 2. The quantitative estimate of drug-likeness (QED) is 0.675. The summed E-state index contributed by atoms with van der Waals surface area (Å²) in [5.41, 5.74) is 4.69. The van der Waals surface area contributed by atoms with Gasteiger partial charge in [-0.2, -0.15) is 0 Å². The highest BCUT2D eigenvalue weighted by molar-refractivity contribution is 5.51. The lowest BCUT2D eigenvalue weighted by molar-refractivity contribution is 0.139. The summed E-state index contributed by atoms with van der Waals surface area (Å²) in [6, 6.07) is 15.4. The lowest BCUT2D eigenvalue weighted by atomic mass is 9.66. The molecule has 2 aromatic rings. The molecule has 2 aliphatic rings. The summed E-state index contributed by atoms with van der Waals surface area (Å²) >= 11 is 0. The van der Waals surface area contributed by atoms with Crippen LogP contribution in [0.4, 0.5) is 0 Å². The molecular weight excluding hydrogens is 346 g/mol. The number of hydrogen-bond donors (Lipinski definition) is 0. The maximum atomic E-state index is 5.64. The first kappa shape index (κ1) is 19.3. The number of hydrogen-bond acceptors (Lipinski definition) is 3. The average molecular weight is 380 g/mol. The van der Waals surface area contributed by atoms with Gasteiger partial charge in [0.2, 0.25) is 0 Å². The Morgan fingerprint density at radius 2 is 1.64 bits per heavy atom. The van der Waals surface area contributed by atoms with Gasteiger partial charge in [-0.1, -0.05) is 49.6 Å². The van der Waals surface area contributed by atoms with Gasteiger partial charge in [0.1, 0.15) is 0 Å². The summed E-state index contributed by atoms with van der Waals surface area (Å²) in [5, 5.41) is 0. The summed E-state index contributed by atoms with van der Waals surface area (Å²) in [6.07, 6.45) is 9.01. The van der Waals surface area contributed by atoms with E-state index < -0.39 is 0 Å². The van der Waals surface area contributed by atoms with Gasteiger partial charge in [-0.3, -0.25) is 4.90 Å². The third-order valence-corrected chi connectivity index (χ3v) is 6.69. The average Bonchev–Trinajstić information content (AvgIpc) is 2.74. The van der Waals surface area contributed by atoms with Crippen LogP contribution in [0, 0.1) is 0 Å². The first-order chi connectivity index (χ1) is 13.7. The number of methoxy groups -OCH3 is 2. The molecule has 0 bridgehead atoms. The van der Waals surface area contributed by atoms with Crippen LogP contribution in [0.2, 0.25) is 0 Å². The minimum Gasteiger partial charge on any atom is -0.493 e. The van der Waals surface area contributed by atoms with E-state index >= 15 is 0 Å². The Bertz CT molecular complexity index is 781. The molecule has 0 N–H and O–H groups in total. The number of nitrogens with zero attached hydrogens (tertiary/aromatic N) is 1. The Hall–Kier alpha value is -2.00. The SMILES string of the molecule is COc1cc2c(cc1OC)C1(CCCCC1)CN(CCCc1ccccc1)C2. The van der Waals surface area contributed by atoms with Crippen LogP contribution in [0.5, 0.6) is 11.5 Å². The predicted molar refractivity (Wildman–Crippen MR) is 114 cm³/mol. The molecule has 0 unspecified atom stereocenters. The molecule has 0 saturated heterocycles. The van der Waals surface area contributed by atoms with Crippen molar-refractivity contribution < 1.29 is 9.47 Å². The van der Waals surface area contributed by atoms with Crippen molar-refractivity contribution in [1.82, 2.24) is 4.90 Å². The lowest BCUT2D eigenvalue weighted by Crippen LogP contribution is -2.47. The zero-order valence-corrected chi connectivity index (χ0v) is 17.4. The largest absolute Gasteiger partial charge is 0.493 e. The fourth-order valence-electron chi connectivity index (χ4n) is 5.32. The van der Waals surface area contributed by atoms with Gasteiger partial charge in [0.15, 0.2) is 11.5 Å².